The van der Waals surface area contributed by atoms with Crippen LogP contribution in [0.5, 0.6) is 11.5 Å². The average Bonchev–Trinajstić information content (AvgIpc) is 3.35. The summed E-state index contributed by atoms with van der Waals surface area (Å²) in [7, 11) is 1.90. The fraction of sp³-hybridized carbons (Fsp3) is 0.348. The molecule has 30 heavy (non-hydrogen) atoms. The average molecular weight is 421 g/mol. The maximum atomic E-state index is 10.3. The van der Waals surface area contributed by atoms with Gasteiger partial charge in [0.05, 0.1) is 32.7 Å². The first-order chi connectivity index (χ1) is 14.7. The summed E-state index contributed by atoms with van der Waals surface area (Å²) >= 11 is 1.69. The van der Waals surface area contributed by atoms with Crippen LogP contribution in [0.4, 0.5) is 0 Å². The van der Waals surface area contributed by atoms with Gasteiger partial charge < -0.3 is 9.84 Å². The van der Waals surface area contributed by atoms with Crippen molar-refractivity contribution in [1.82, 2.24) is 19.7 Å². The van der Waals surface area contributed by atoms with E-state index in [0.717, 1.165) is 63.8 Å². The number of aliphatic hydroxyl groups is 1. The van der Waals surface area contributed by atoms with E-state index in [1.807, 2.05) is 43.4 Å². The normalized spacial score (nSPS) is 19.3. The number of aliphatic hydroxyl groups excluding tert-OH is 1. The van der Waals surface area contributed by atoms with E-state index in [1.54, 1.807) is 28.4 Å². The van der Waals surface area contributed by atoms with Crippen molar-refractivity contribution in [2.75, 3.05) is 0 Å². The molecule has 0 bridgehead atoms. The summed E-state index contributed by atoms with van der Waals surface area (Å²) in [5.74, 6) is 1.84. The predicted octanol–water partition coefficient (Wildman–Crippen LogP) is 4.98. The molecule has 0 amide bonds. The molecule has 0 radical (unpaired) electrons. The van der Waals surface area contributed by atoms with E-state index in [4.69, 9.17) is 9.72 Å². The summed E-state index contributed by atoms with van der Waals surface area (Å²) in [6.07, 6.45) is 8.52. The lowest BCUT2D eigenvalue weighted by molar-refractivity contribution is 0.0700. The first-order valence-electron chi connectivity index (χ1n) is 10.4. The van der Waals surface area contributed by atoms with Crippen LogP contribution in [0.2, 0.25) is 0 Å². The molecule has 1 aliphatic rings. The number of ether oxygens (including phenoxy) is 1. The van der Waals surface area contributed by atoms with Crippen LogP contribution in [0.3, 0.4) is 0 Å². The number of pyridine rings is 1. The lowest BCUT2D eigenvalue weighted by atomic mass is 9.84. The molecule has 0 saturated heterocycles. The summed E-state index contributed by atoms with van der Waals surface area (Å²) in [6, 6.07) is 11.7. The van der Waals surface area contributed by atoms with Gasteiger partial charge in [0, 0.05) is 38.0 Å². The Morgan fingerprint density at radius 1 is 1.10 bits per heavy atom. The Morgan fingerprint density at radius 2 is 1.97 bits per heavy atom. The maximum Gasteiger partial charge on any atom is 0.131 e. The van der Waals surface area contributed by atoms with Gasteiger partial charge in [0.15, 0.2) is 0 Å². The van der Waals surface area contributed by atoms with Gasteiger partial charge in [-0.1, -0.05) is 12.8 Å². The third kappa shape index (κ3) is 3.95. The van der Waals surface area contributed by atoms with E-state index in [-0.39, 0.29) is 6.10 Å². The molecule has 1 N–H and O–H groups in total. The van der Waals surface area contributed by atoms with Crippen LogP contribution in [-0.2, 0) is 13.5 Å². The molecule has 6 nitrogen and oxygen atoms in total. The van der Waals surface area contributed by atoms with Gasteiger partial charge in [0.2, 0.25) is 0 Å². The molecule has 1 aliphatic carbocycles. The zero-order valence-corrected chi connectivity index (χ0v) is 17.7. The fourth-order valence-corrected chi connectivity index (χ4v) is 5.22. The van der Waals surface area contributed by atoms with Crippen LogP contribution < -0.4 is 4.74 Å². The maximum absolute atomic E-state index is 10.3. The van der Waals surface area contributed by atoms with Gasteiger partial charge in [-0.05, 0) is 43.0 Å². The van der Waals surface area contributed by atoms with Crippen LogP contribution in [-0.4, -0.2) is 31.0 Å². The molecule has 4 aromatic rings. The van der Waals surface area contributed by atoms with Gasteiger partial charge in [-0.2, -0.15) is 5.10 Å². The molecule has 7 heteroatoms. The van der Waals surface area contributed by atoms with Gasteiger partial charge in [0.25, 0.3) is 0 Å². The SMILES string of the molecule is Cn1nccc1-c1cc(Oc2ccc3nc(C[C@@H]4CCCC[C@H]4O)sc3c2)ccn1. The van der Waals surface area contributed by atoms with E-state index in [0.29, 0.717) is 5.92 Å². The van der Waals surface area contributed by atoms with E-state index in [9.17, 15) is 5.11 Å². The van der Waals surface area contributed by atoms with Crippen molar-refractivity contribution < 1.29 is 9.84 Å². The number of hydrogen-bond acceptors (Lipinski definition) is 6. The van der Waals surface area contributed by atoms with Crippen molar-refractivity contribution in [2.24, 2.45) is 13.0 Å². The Labute approximate surface area is 179 Å². The third-order valence-electron chi connectivity index (χ3n) is 5.76. The Balaban J connectivity index is 1.35. The molecule has 0 unspecified atom stereocenters. The van der Waals surface area contributed by atoms with Crippen molar-refractivity contribution in [2.45, 2.75) is 38.2 Å². The topological polar surface area (TPSA) is 73.1 Å². The molecule has 1 saturated carbocycles. The molecular formula is C23H24N4O2S. The van der Waals surface area contributed by atoms with Gasteiger partial charge in [-0.25, -0.2) is 4.98 Å². The van der Waals surface area contributed by atoms with Gasteiger partial charge in [0.1, 0.15) is 11.5 Å². The molecule has 0 aliphatic heterocycles. The quantitative estimate of drug-likeness (QED) is 0.493. The van der Waals surface area contributed by atoms with E-state index in [2.05, 4.69) is 10.1 Å². The zero-order valence-electron chi connectivity index (χ0n) is 16.9. The smallest absolute Gasteiger partial charge is 0.131 e. The third-order valence-corrected chi connectivity index (χ3v) is 6.80. The number of thiazole rings is 1. The Bertz CT molecular complexity index is 1170. The second kappa shape index (κ2) is 8.16. The van der Waals surface area contributed by atoms with Crippen LogP contribution in [0.25, 0.3) is 21.6 Å². The molecule has 3 aromatic heterocycles. The monoisotopic (exact) mass is 420 g/mol. The number of benzene rings is 1. The summed E-state index contributed by atoms with van der Waals surface area (Å²) in [6.45, 7) is 0. The standard InChI is InChI=1S/C23H24N4O2S/c1-27-20(9-11-25-27)19-13-17(8-10-24-19)29-16-6-7-18-22(14-16)30-23(26-18)12-15-4-2-3-5-21(15)28/h6-11,13-15,21,28H,2-5,12H2,1H3/t15-,21+/m0/s1. The lowest BCUT2D eigenvalue weighted by Gasteiger charge is -2.26. The van der Waals surface area contributed by atoms with Crippen LogP contribution >= 0.6 is 11.3 Å². The Kier molecular flexibility index (Phi) is 5.23. The minimum Gasteiger partial charge on any atom is -0.457 e. The highest BCUT2D eigenvalue weighted by molar-refractivity contribution is 7.18. The number of aryl methyl sites for hydroxylation is 1. The first-order valence-corrected chi connectivity index (χ1v) is 11.2. The number of fused-ring (bicyclic) bond motifs is 1. The Hall–Kier alpha value is -2.77. The summed E-state index contributed by atoms with van der Waals surface area (Å²) < 4.78 is 9.01. The molecule has 1 fully saturated rings. The first kappa shape index (κ1) is 19.2. The molecule has 154 valence electrons. The number of hydrogen-bond donors (Lipinski definition) is 1. The van der Waals surface area contributed by atoms with Crippen LogP contribution in [0.15, 0.2) is 48.8 Å². The second-order valence-corrected chi connectivity index (χ2v) is 8.99. The van der Waals surface area contributed by atoms with Crippen molar-refractivity contribution in [1.29, 1.82) is 0 Å². The van der Waals surface area contributed by atoms with E-state index in [1.165, 1.54) is 6.42 Å². The predicted molar refractivity (Wildman–Crippen MR) is 118 cm³/mol. The van der Waals surface area contributed by atoms with E-state index < -0.39 is 0 Å². The minimum absolute atomic E-state index is 0.190. The number of rotatable bonds is 5. The highest BCUT2D eigenvalue weighted by Crippen LogP contribution is 2.33. The van der Waals surface area contributed by atoms with Crippen molar-refractivity contribution >= 4 is 21.6 Å². The Morgan fingerprint density at radius 3 is 2.80 bits per heavy atom. The van der Waals surface area contributed by atoms with Gasteiger partial charge >= 0.3 is 0 Å². The molecule has 1 aromatic carbocycles. The molecule has 2 atom stereocenters. The van der Waals surface area contributed by atoms with Crippen molar-refractivity contribution in [3.8, 4) is 22.9 Å². The van der Waals surface area contributed by atoms with Gasteiger partial charge in [-0.3, -0.25) is 9.67 Å². The fourth-order valence-electron chi connectivity index (χ4n) is 4.13. The molecule has 5 rings (SSSR count). The molecule has 3 heterocycles. The minimum atomic E-state index is -0.190. The molecule has 0 spiro atoms. The van der Waals surface area contributed by atoms with Crippen LogP contribution in [0.1, 0.15) is 30.7 Å². The summed E-state index contributed by atoms with van der Waals surface area (Å²) in [5.41, 5.74) is 2.74. The summed E-state index contributed by atoms with van der Waals surface area (Å²) in [5, 5.41) is 15.6. The van der Waals surface area contributed by atoms with Crippen LogP contribution in [0, 0.1) is 5.92 Å². The number of nitrogens with zero attached hydrogens (tertiary/aromatic N) is 4. The largest absolute Gasteiger partial charge is 0.457 e. The number of aromatic nitrogens is 4. The van der Waals surface area contributed by atoms with Crippen molar-refractivity contribution in [3.63, 3.8) is 0 Å². The zero-order chi connectivity index (χ0) is 20.5. The van der Waals surface area contributed by atoms with E-state index >= 15 is 0 Å². The van der Waals surface area contributed by atoms with Gasteiger partial charge in [-0.15, -0.1) is 11.3 Å². The highest BCUT2D eigenvalue weighted by Gasteiger charge is 2.24. The lowest BCUT2D eigenvalue weighted by Crippen LogP contribution is -2.26. The van der Waals surface area contributed by atoms with Crippen molar-refractivity contribution in [3.05, 3.63) is 53.8 Å². The summed E-state index contributed by atoms with van der Waals surface area (Å²) in [4.78, 5) is 9.21. The second-order valence-electron chi connectivity index (χ2n) is 7.87. The molecular weight excluding hydrogens is 396 g/mol. The highest BCUT2D eigenvalue weighted by atomic mass is 32.1.